The number of hydrogen-bond acceptors (Lipinski definition) is 3. The molecular weight excluding hydrogens is 244 g/mol. The molecule has 5 nitrogen and oxygen atoms in total. The topological polar surface area (TPSA) is 72.6 Å². The number of nitrogens with two attached hydrogens (primary N) is 1. The highest BCUT2D eigenvalue weighted by Gasteiger charge is 2.37. The Morgan fingerprint density at radius 3 is 2.53 bits per heavy atom. The van der Waals surface area contributed by atoms with Crippen LogP contribution in [0.2, 0.25) is 0 Å². The van der Waals surface area contributed by atoms with Crippen molar-refractivity contribution >= 4 is 11.8 Å². The zero-order chi connectivity index (χ0) is 14.0. The number of primary amides is 1. The largest absolute Gasteiger partial charge is 0.497 e. The van der Waals surface area contributed by atoms with Crippen LogP contribution in [0.4, 0.5) is 0 Å². The molecular formula is C14H18N2O3. The van der Waals surface area contributed by atoms with Crippen LogP contribution in [0.15, 0.2) is 24.3 Å². The fourth-order valence-electron chi connectivity index (χ4n) is 2.59. The molecule has 0 aromatic heterocycles. The van der Waals surface area contributed by atoms with Crippen molar-refractivity contribution in [2.24, 2.45) is 11.7 Å². The number of nitrogens with zero attached hydrogens (tertiary/aromatic N) is 1. The second kappa shape index (κ2) is 5.30. The van der Waals surface area contributed by atoms with E-state index in [4.69, 9.17) is 10.5 Å². The number of ether oxygens (including phenoxy) is 1. The van der Waals surface area contributed by atoms with Crippen LogP contribution in [0.5, 0.6) is 5.75 Å². The molecule has 0 aliphatic carbocycles. The minimum Gasteiger partial charge on any atom is -0.497 e. The number of rotatable bonds is 3. The summed E-state index contributed by atoms with van der Waals surface area (Å²) in [6, 6.07) is 7.09. The molecule has 2 atom stereocenters. The van der Waals surface area contributed by atoms with Gasteiger partial charge < -0.3 is 15.4 Å². The number of methoxy groups -OCH3 is 1. The van der Waals surface area contributed by atoms with E-state index in [2.05, 4.69) is 0 Å². The number of likely N-dealkylation sites (tertiary alicyclic amines) is 1. The van der Waals surface area contributed by atoms with Gasteiger partial charge in [0.25, 0.3) is 0 Å². The fraction of sp³-hybridized carbons (Fsp3) is 0.429. The van der Waals surface area contributed by atoms with Crippen molar-refractivity contribution in [2.45, 2.75) is 18.9 Å². The van der Waals surface area contributed by atoms with Crippen LogP contribution < -0.4 is 10.5 Å². The van der Waals surface area contributed by atoms with Crippen LogP contribution in [0.1, 0.15) is 24.4 Å². The number of benzene rings is 1. The Morgan fingerprint density at radius 1 is 1.37 bits per heavy atom. The quantitative estimate of drug-likeness (QED) is 0.886. The minimum atomic E-state index is -0.361. The van der Waals surface area contributed by atoms with E-state index in [1.54, 1.807) is 19.1 Å². The van der Waals surface area contributed by atoms with Crippen molar-refractivity contribution in [1.29, 1.82) is 0 Å². The lowest BCUT2D eigenvalue weighted by Gasteiger charge is -2.37. The standard InChI is InChI=1S/C14H18N2O3/c1-16-12(17)8-7-11(14(15)18)13(16)9-3-5-10(19-2)6-4-9/h3-6,11,13H,7-8H2,1-2H3,(H2,15,18)/t11-,13+/m1/s1. The Labute approximate surface area is 112 Å². The molecule has 1 fully saturated rings. The Bertz CT molecular complexity index is 484. The van der Waals surface area contributed by atoms with Crippen molar-refractivity contribution < 1.29 is 14.3 Å². The van der Waals surface area contributed by atoms with E-state index >= 15 is 0 Å². The van der Waals surface area contributed by atoms with Gasteiger partial charge in [-0.25, -0.2) is 0 Å². The van der Waals surface area contributed by atoms with Crippen LogP contribution in [-0.2, 0) is 9.59 Å². The van der Waals surface area contributed by atoms with Crippen molar-refractivity contribution in [3.8, 4) is 5.75 Å². The van der Waals surface area contributed by atoms with Crippen LogP contribution in [-0.4, -0.2) is 30.9 Å². The summed E-state index contributed by atoms with van der Waals surface area (Å²) in [6.07, 6.45) is 0.881. The van der Waals surface area contributed by atoms with E-state index < -0.39 is 0 Å². The maximum absolute atomic E-state index is 11.8. The predicted molar refractivity (Wildman–Crippen MR) is 70.4 cm³/mol. The molecule has 1 aromatic carbocycles. The average molecular weight is 262 g/mol. The molecule has 0 radical (unpaired) electrons. The molecule has 19 heavy (non-hydrogen) atoms. The molecule has 1 saturated heterocycles. The third-order valence-electron chi connectivity index (χ3n) is 3.68. The normalized spacial score (nSPS) is 23.3. The molecule has 0 spiro atoms. The first-order valence-corrected chi connectivity index (χ1v) is 6.23. The molecule has 0 unspecified atom stereocenters. The number of piperidine rings is 1. The average Bonchev–Trinajstić information content (AvgIpc) is 2.41. The zero-order valence-electron chi connectivity index (χ0n) is 11.1. The molecule has 1 aliphatic rings. The monoisotopic (exact) mass is 262 g/mol. The highest BCUT2D eigenvalue weighted by Crippen LogP contribution is 2.35. The summed E-state index contributed by atoms with van der Waals surface area (Å²) in [6.45, 7) is 0. The SMILES string of the molecule is COc1ccc([C@H]2[C@H](C(N)=O)CCC(=O)N2C)cc1. The van der Waals surface area contributed by atoms with Crippen LogP contribution in [0.25, 0.3) is 0 Å². The Kier molecular flexibility index (Phi) is 3.74. The maximum Gasteiger partial charge on any atom is 0.222 e. The van der Waals surface area contributed by atoms with Gasteiger partial charge in [0.05, 0.1) is 19.1 Å². The lowest BCUT2D eigenvalue weighted by atomic mass is 9.84. The third kappa shape index (κ3) is 2.54. The lowest BCUT2D eigenvalue weighted by Crippen LogP contribution is -2.44. The second-order valence-corrected chi connectivity index (χ2v) is 4.77. The van der Waals surface area contributed by atoms with Gasteiger partial charge in [-0.3, -0.25) is 9.59 Å². The highest BCUT2D eigenvalue weighted by atomic mass is 16.5. The minimum absolute atomic E-state index is 0.0401. The molecule has 1 aliphatic heterocycles. The maximum atomic E-state index is 11.8. The third-order valence-corrected chi connectivity index (χ3v) is 3.68. The van der Waals surface area contributed by atoms with E-state index in [0.717, 1.165) is 11.3 Å². The number of hydrogen-bond donors (Lipinski definition) is 1. The summed E-state index contributed by atoms with van der Waals surface area (Å²) in [5.41, 5.74) is 6.36. The van der Waals surface area contributed by atoms with Crippen LogP contribution in [0.3, 0.4) is 0 Å². The van der Waals surface area contributed by atoms with Gasteiger partial charge in [-0.05, 0) is 24.1 Å². The van der Waals surface area contributed by atoms with Gasteiger partial charge in [-0.15, -0.1) is 0 Å². The van der Waals surface area contributed by atoms with Gasteiger partial charge in [0, 0.05) is 13.5 Å². The molecule has 1 aromatic rings. The van der Waals surface area contributed by atoms with E-state index in [0.29, 0.717) is 12.8 Å². The Balaban J connectivity index is 2.34. The molecule has 5 heteroatoms. The second-order valence-electron chi connectivity index (χ2n) is 4.77. The summed E-state index contributed by atoms with van der Waals surface area (Å²) in [5, 5.41) is 0. The predicted octanol–water partition coefficient (Wildman–Crippen LogP) is 1.09. The summed E-state index contributed by atoms with van der Waals surface area (Å²) in [5.74, 6) is 0.0822. The summed E-state index contributed by atoms with van der Waals surface area (Å²) in [4.78, 5) is 25.0. The molecule has 0 bridgehead atoms. The van der Waals surface area contributed by atoms with Gasteiger partial charge in [0.2, 0.25) is 11.8 Å². The van der Waals surface area contributed by atoms with Crippen molar-refractivity contribution in [1.82, 2.24) is 4.90 Å². The number of carbonyl (C=O) groups excluding carboxylic acids is 2. The Hall–Kier alpha value is -2.04. The van der Waals surface area contributed by atoms with Crippen LogP contribution >= 0.6 is 0 Å². The van der Waals surface area contributed by atoms with Crippen molar-refractivity contribution in [3.05, 3.63) is 29.8 Å². The summed E-state index contributed by atoms with van der Waals surface area (Å²) in [7, 11) is 3.31. The van der Waals surface area contributed by atoms with E-state index in [1.807, 2.05) is 24.3 Å². The number of amides is 2. The molecule has 2 amide bonds. The molecule has 0 saturated carbocycles. The molecule has 2 rings (SSSR count). The molecule has 102 valence electrons. The van der Waals surface area contributed by atoms with Crippen molar-refractivity contribution in [2.75, 3.05) is 14.2 Å². The molecule has 2 N–H and O–H groups in total. The summed E-state index contributed by atoms with van der Waals surface area (Å²) >= 11 is 0. The first kappa shape index (κ1) is 13.4. The van der Waals surface area contributed by atoms with Gasteiger partial charge in [0.15, 0.2) is 0 Å². The van der Waals surface area contributed by atoms with Gasteiger partial charge in [-0.1, -0.05) is 12.1 Å². The highest BCUT2D eigenvalue weighted by molar-refractivity contribution is 5.83. The van der Waals surface area contributed by atoms with Gasteiger partial charge in [0.1, 0.15) is 5.75 Å². The fourth-order valence-corrected chi connectivity index (χ4v) is 2.59. The van der Waals surface area contributed by atoms with E-state index in [-0.39, 0.29) is 23.8 Å². The molecule has 1 heterocycles. The van der Waals surface area contributed by atoms with Gasteiger partial charge >= 0.3 is 0 Å². The zero-order valence-corrected chi connectivity index (χ0v) is 11.1. The van der Waals surface area contributed by atoms with Gasteiger partial charge in [-0.2, -0.15) is 0 Å². The Morgan fingerprint density at radius 2 is 2.00 bits per heavy atom. The first-order chi connectivity index (χ1) is 9.04. The van der Waals surface area contributed by atoms with Crippen LogP contribution in [0, 0.1) is 5.92 Å². The lowest BCUT2D eigenvalue weighted by molar-refractivity contribution is -0.140. The smallest absolute Gasteiger partial charge is 0.222 e. The van der Waals surface area contributed by atoms with E-state index in [9.17, 15) is 9.59 Å². The first-order valence-electron chi connectivity index (χ1n) is 6.23. The summed E-state index contributed by atoms with van der Waals surface area (Å²) < 4.78 is 5.11. The number of carbonyl (C=O) groups is 2. The van der Waals surface area contributed by atoms with E-state index in [1.165, 1.54) is 0 Å². The van der Waals surface area contributed by atoms with Crippen molar-refractivity contribution in [3.63, 3.8) is 0 Å².